The fourth-order valence-electron chi connectivity index (χ4n) is 4.32. The maximum absolute atomic E-state index is 13.0. The van der Waals surface area contributed by atoms with Crippen molar-refractivity contribution in [2.45, 2.75) is 50.5 Å². The fraction of sp³-hybridized carbons (Fsp3) is 0.480. The average Bonchev–Trinajstić information content (AvgIpc) is 2.84. The summed E-state index contributed by atoms with van der Waals surface area (Å²) in [6, 6.07) is 16.8. The van der Waals surface area contributed by atoms with E-state index in [9.17, 15) is 13.2 Å². The Balaban J connectivity index is 1.70. The first-order chi connectivity index (χ1) is 15.5. The van der Waals surface area contributed by atoms with Crippen LogP contribution in [0.5, 0.6) is 0 Å². The average molecular weight is 458 g/mol. The molecule has 1 N–H and O–H groups in total. The molecular formula is C25H35N3O3S. The number of likely N-dealkylation sites (N-methyl/N-ethyl adjacent to an activating group) is 1. The molecule has 1 heterocycles. The van der Waals surface area contributed by atoms with Crippen LogP contribution >= 0.6 is 0 Å². The van der Waals surface area contributed by atoms with Crippen LogP contribution in [-0.2, 0) is 16.4 Å². The van der Waals surface area contributed by atoms with E-state index < -0.39 is 10.0 Å². The molecule has 32 heavy (non-hydrogen) atoms. The standard InChI is InChI=1S/C25H35N3O3S/c1-3-27(4-2)23(18-21-12-7-5-8-13-21)20-26-25(29)22-14-11-15-24(19-22)32(30,31)28-16-9-6-10-17-28/h5,7-8,11-15,19,23H,3-4,6,9-10,16-18,20H2,1-2H3,(H,26,29). The van der Waals surface area contributed by atoms with Gasteiger partial charge in [-0.25, -0.2) is 8.42 Å². The summed E-state index contributed by atoms with van der Waals surface area (Å²) in [5, 5.41) is 3.04. The van der Waals surface area contributed by atoms with E-state index in [2.05, 4.69) is 36.2 Å². The fourth-order valence-corrected chi connectivity index (χ4v) is 5.88. The van der Waals surface area contributed by atoms with Gasteiger partial charge in [0.15, 0.2) is 0 Å². The van der Waals surface area contributed by atoms with Gasteiger partial charge in [0, 0.05) is 31.2 Å². The van der Waals surface area contributed by atoms with E-state index in [0.717, 1.165) is 38.8 Å². The maximum Gasteiger partial charge on any atom is 0.251 e. The smallest absolute Gasteiger partial charge is 0.251 e. The van der Waals surface area contributed by atoms with E-state index in [-0.39, 0.29) is 16.8 Å². The molecule has 174 valence electrons. The number of carbonyl (C=O) groups excluding carboxylic acids is 1. The van der Waals surface area contributed by atoms with Crippen LogP contribution in [0.3, 0.4) is 0 Å². The number of piperidine rings is 1. The highest BCUT2D eigenvalue weighted by atomic mass is 32.2. The zero-order chi connectivity index (χ0) is 23.0. The molecule has 1 aliphatic rings. The van der Waals surface area contributed by atoms with E-state index >= 15 is 0 Å². The molecule has 1 fully saturated rings. The second-order valence-corrected chi connectivity index (χ2v) is 10.2. The van der Waals surface area contributed by atoms with E-state index in [1.165, 1.54) is 15.9 Å². The normalized spacial score (nSPS) is 16.1. The molecule has 1 atom stereocenters. The molecule has 3 rings (SSSR count). The van der Waals surface area contributed by atoms with E-state index in [0.29, 0.717) is 25.2 Å². The van der Waals surface area contributed by atoms with Crippen molar-refractivity contribution in [1.82, 2.24) is 14.5 Å². The highest BCUT2D eigenvalue weighted by Gasteiger charge is 2.26. The van der Waals surface area contributed by atoms with Crippen molar-refractivity contribution >= 4 is 15.9 Å². The summed E-state index contributed by atoms with van der Waals surface area (Å²) in [5.74, 6) is -0.245. The van der Waals surface area contributed by atoms with Crippen LogP contribution in [0.25, 0.3) is 0 Å². The van der Waals surface area contributed by atoms with Crippen LogP contribution in [-0.4, -0.2) is 62.3 Å². The van der Waals surface area contributed by atoms with Gasteiger partial charge >= 0.3 is 0 Å². The zero-order valence-electron chi connectivity index (χ0n) is 19.2. The lowest BCUT2D eigenvalue weighted by molar-refractivity contribution is 0.0934. The van der Waals surface area contributed by atoms with Crippen LogP contribution < -0.4 is 5.32 Å². The first-order valence-electron chi connectivity index (χ1n) is 11.6. The summed E-state index contributed by atoms with van der Waals surface area (Å²) in [7, 11) is -3.57. The third-order valence-electron chi connectivity index (χ3n) is 6.19. The van der Waals surface area contributed by atoms with Gasteiger partial charge in [0.1, 0.15) is 0 Å². The van der Waals surface area contributed by atoms with Gasteiger partial charge in [0.05, 0.1) is 4.90 Å². The SMILES string of the molecule is CCN(CC)C(CNC(=O)c1cccc(S(=O)(=O)N2CCCCC2)c1)Cc1ccccc1. The van der Waals surface area contributed by atoms with Crippen molar-refractivity contribution in [3.8, 4) is 0 Å². The minimum atomic E-state index is -3.57. The van der Waals surface area contributed by atoms with Gasteiger partial charge in [-0.3, -0.25) is 9.69 Å². The molecule has 2 aromatic carbocycles. The highest BCUT2D eigenvalue weighted by molar-refractivity contribution is 7.89. The van der Waals surface area contributed by atoms with Crippen LogP contribution in [0, 0.1) is 0 Å². The number of hydrogen-bond donors (Lipinski definition) is 1. The Labute approximate surface area is 192 Å². The maximum atomic E-state index is 13.0. The molecular weight excluding hydrogens is 422 g/mol. The Kier molecular flexibility index (Phi) is 8.84. The van der Waals surface area contributed by atoms with Gasteiger partial charge in [-0.15, -0.1) is 0 Å². The minimum Gasteiger partial charge on any atom is -0.350 e. The van der Waals surface area contributed by atoms with Gasteiger partial charge in [-0.2, -0.15) is 4.31 Å². The number of benzene rings is 2. The van der Waals surface area contributed by atoms with Gasteiger partial charge in [-0.1, -0.05) is 56.7 Å². The topological polar surface area (TPSA) is 69.7 Å². The van der Waals surface area contributed by atoms with E-state index in [4.69, 9.17) is 0 Å². The minimum absolute atomic E-state index is 0.164. The molecule has 1 saturated heterocycles. The Bertz CT molecular complexity index is 969. The molecule has 1 unspecified atom stereocenters. The lowest BCUT2D eigenvalue weighted by Gasteiger charge is -2.30. The number of nitrogens with one attached hydrogen (secondary N) is 1. The Morgan fingerprint density at radius 3 is 2.34 bits per heavy atom. The summed E-state index contributed by atoms with van der Waals surface area (Å²) >= 11 is 0. The molecule has 0 aromatic heterocycles. The number of sulfonamides is 1. The van der Waals surface area contributed by atoms with Gasteiger partial charge in [0.25, 0.3) is 5.91 Å². The Morgan fingerprint density at radius 2 is 1.69 bits per heavy atom. The van der Waals surface area contributed by atoms with Crippen molar-refractivity contribution in [3.05, 3.63) is 65.7 Å². The van der Waals surface area contributed by atoms with Crippen molar-refractivity contribution in [3.63, 3.8) is 0 Å². The largest absolute Gasteiger partial charge is 0.350 e. The number of carbonyl (C=O) groups is 1. The van der Waals surface area contributed by atoms with Gasteiger partial charge < -0.3 is 5.32 Å². The van der Waals surface area contributed by atoms with Crippen LogP contribution in [0.4, 0.5) is 0 Å². The van der Waals surface area contributed by atoms with Crippen molar-refractivity contribution in [2.24, 2.45) is 0 Å². The van der Waals surface area contributed by atoms with Gasteiger partial charge in [-0.05, 0) is 56.1 Å². The number of hydrogen-bond acceptors (Lipinski definition) is 4. The van der Waals surface area contributed by atoms with Crippen LogP contribution in [0.1, 0.15) is 49.0 Å². The van der Waals surface area contributed by atoms with Crippen LogP contribution in [0.15, 0.2) is 59.5 Å². The predicted octanol–water partition coefficient (Wildman–Crippen LogP) is 3.54. The predicted molar refractivity (Wildman–Crippen MR) is 128 cm³/mol. The van der Waals surface area contributed by atoms with Crippen molar-refractivity contribution < 1.29 is 13.2 Å². The molecule has 0 spiro atoms. The van der Waals surface area contributed by atoms with E-state index in [1.807, 2.05) is 18.2 Å². The van der Waals surface area contributed by atoms with Crippen molar-refractivity contribution in [1.29, 1.82) is 0 Å². The van der Waals surface area contributed by atoms with Crippen molar-refractivity contribution in [2.75, 3.05) is 32.7 Å². The summed E-state index contributed by atoms with van der Waals surface area (Å²) in [5.41, 5.74) is 1.61. The molecule has 1 amide bonds. The molecule has 1 aliphatic heterocycles. The summed E-state index contributed by atoms with van der Waals surface area (Å²) in [6.45, 7) is 7.63. The Hall–Kier alpha value is -2.22. The lowest BCUT2D eigenvalue weighted by atomic mass is 10.0. The van der Waals surface area contributed by atoms with Crippen LogP contribution in [0.2, 0.25) is 0 Å². The van der Waals surface area contributed by atoms with E-state index in [1.54, 1.807) is 18.2 Å². The summed E-state index contributed by atoms with van der Waals surface area (Å²) in [6.07, 6.45) is 3.67. The third-order valence-corrected chi connectivity index (χ3v) is 8.08. The molecule has 0 radical (unpaired) electrons. The molecule has 0 saturated carbocycles. The molecule has 6 nitrogen and oxygen atoms in total. The quantitative estimate of drug-likeness (QED) is 0.592. The number of nitrogens with zero attached hydrogens (tertiary/aromatic N) is 2. The summed E-state index contributed by atoms with van der Waals surface area (Å²) < 4.78 is 27.5. The molecule has 7 heteroatoms. The van der Waals surface area contributed by atoms with Gasteiger partial charge in [0.2, 0.25) is 10.0 Å². The molecule has 2 aromatic rings. The monoisotopic (exact) mass is 457 g/mol. The Morgan fingerprint density at radius 1 is 1.00 bits per heavy atom. The third kappa shape index (κ3) is 6.18. The summed E-state index contributed by atoms with van der Waals surface area (Å²) in [4.78, 5) is 15.4. The second kappa shape index (κ2) is 11.6. The molecule has 0 aliphatic carbocycles. The first kappa shape index (κ1) is 24.4. The number of amides is 1. The zero-order valence-corrected chi connectivity index (χ0v) is 20.0. The second-order valence-electron chi connectivity index (χ2n) is 8.27. The number of rotatable bonds is 10. The first-order valence-corrected chi connectivity index (χ1v) is 13.1. The highest BCUT2D eigenvalue weighted by Crippen LogP contribution is 2.21. The molecule has 0 bridgehead atoms. The lowest BCUT2D eigenvalue weighted by Crippen LogP contribution is -2.45.